The van der Waals surface area contributed by atoms with Crippen LogP contribution in [0.4, 0.5) is 10.5 Å². The summed E-state index contributed by atoms with van der Waals surface area (Å²) in [5.74, 6) is -0.112. The summed E-state index contributed by atoms with van der Waals surface area (Å²) in [5, 5.41) is 5.35. The molecule has 3 aromatic carbocycles. The normalized spacial score (nSPS) is 14.1. The summed E-state index contributed by atoms with van der Waals surface area (Å²) >= 11 is 3.58. The van der Waals surface area contributed by atoms with Crippen molar-refractivity contribution in [2.45, 2.75) is 59.1 Å². The summed E-state index contributed by atoms with van der Waals surface area (Å²) in [4.78, 5) is 25.8. The Kier molecular flexibility index (Phi) is 9.01. The predicted octanol–water partition coefficient (Wildman–Crippen LogP) is 7.00. The number of halogens is 1. The molecule has 1 saturated heterocycles. The van der Waals surface area contributed by atoms with E-state index in [4.69, 9.17) is 10.5 Å². The Bertz CT molecular complexity index is 1230. The molecule has 6 nitrogen and oxygen atoms in total. The molecule has 1 aliphatic heterocycles. The quantitative estimate of drug-likeness (QED) is 0.342. The van der Waals surface area contributed by atoms with Gasteiger partial charge in [0.25, 0.3) is 5.91 Å². The number of rotatable bonds is 3. The highest BCUT2D eigenvalue weighted by Gasteiger charge is 2.24. The van der Waals surface area contributed by atoms with Gasteiger partial charge in [-0.1, -0.05) is 52.3 Å². The lowest BCUT2D eigenvalue weighted by Gasteiger charge is -2.23. The number of fused-ring (bicyclic) bond motifs is 1. The van der Waals surface area contributed by atoms with Gasteiger partial charge in [0.05, 0.1) is 6.04 Å². The molecule has 1 unspecified atom stereocenters. The van der Waals surface area contributed by atoms with Gasteiger partial charge in [-0.05, 0) is 87.6 Å². The number of nitrogens with zero attached hydrogens (tertiary/aromatic N) is 1. The lowest BCUT2D eigenvalue weighted by molar-refractivity contribution is 0.0295. The minimum atomic E-state index is -0.361. The van der Waals surface area contributed by atoms with Crippen LogP contribution in [0.5, 0.6) is 0 Å². The van der Waals surface area contributed by atoms with E-state index in [0.717, 1.165) is 52.3 Å². The molecular formula is C29H36BrN3O3. The molecule has 1 fully saturated rings. The number of anilines is 1. The average molecular weight is 555 g/mol. The number of hydrogen-bond donors (Lipinski definition) is 2. The topological polar surface area (TPSA) is 84.7 Å². The molecular weight excluding hydrogens is 518 g/mol. The first-order valence-electron chi connectivity index (χ1n) is 12.3. The number of carbonyl (C=O) groups is 2. The number of nitrogens with two attached hydrogens (primary N) is 1. The maximum atomic E-state index is 12.6. The van der Waals surface area contributed by atoms with E-state index in [2.05, 4.69) is 33.4 Å². The van der Waals surface area contributed by atoms with Crippen molar-refractivity contribution >= 4 is 44.4 Å². The standard InChI is InChI=1S/C20H19BrN2O.C9H17NO2/c1-12-7-8-14(22)11-18(12)20(24)23-13(2)15-9-10-19(21)17-6-4-3-5-16(15)17;1-9(2,3)12-8(11)10-6-4-5-7-10/h3-11,13H,22H2,1-2H3,(H,23,24);4-7H2,1-3H3. The van der Waals surface area contributed by atoms with Crippen LogP contribution in [0, 0.1) is 6.92 Å². The van der Waals surface area contributed by atoms with E-state index in [1.54, 1.807) is 17.0 Å². The third-order valence-corrected chi connectivity index (χ3v) is 6.67. The Hall–Kier alpha value is -3.06. The van der Waals surface area contributed by atoms with Crippen LogP contribution in [-0.4, -0.2) is 35.6 Å². The van der Waals surface area contributed by atoms with Crippen LogP contribution in [0.25, 0.3) is 10.8 Å². The van der Waals surface area contributed by atoms with Gasteiger partial charge in [0.1, 0.15) is 5.60 Å². The molecule has 7 heteroatoms. The number of aryl methyl sites for hydroxylation is 1. The molecule has 0 spiro atoms. The van der Waals surface area contributed by atoms with Gasteiger partial charge < -0.3 is 20.7 Å². The molecule has 0 saturated carbocycles. The predicted molar refractivity (Wildman–Crippen MR) is 150 cm³/mol. The maximum Gasteiger partial charge on any atom is 0.410 e. The number of nitrogen functional groups attached to an aromatic ring is 1. The van der Waals surface area contributed by atoms with Crippen LogP contribution in [0.1, 0.15) is 68.1 Å². The van der Waals surface area contributed by atoms with Crippen molar-refractivity contribution in [2.75, 3.05) is 18.8 Å². The number of benzene rings is 3. The zero-order chi connectivity index (χ0) is 26.5. The molecule has 4 rings (SSSR count). The zero-order valence-corrected chi connectivity index (χ0v) is 23.3. The van der Waals surface area contributed by atoms with Crippen LogP contribution >= 0.6 is 15.9 Å². The van der Waals surface area contributed by atoms with Gasteiger partial charge in [-0.3, -0.25) is 4.79 Å². The van der Waals surface area contributed by atoms with Crippen LogP contribution < -0.4 is 11.1 Å². The summed E-state index contributed by atoms with van der Waals surface area (Å²) in [7, 11) is 0. The lowest BCUT2D eigenvalue weighted by Crippen LogP contribution is -2.34. The molecule has 0 radical (unpaired) electrons. The fourth-order valence-electron chi connectivity index (χ4n) is 4.13. The van der Waals surface area contributed by atoms with Gasteiger partial charge in [-0.15, -0.1) is 0 Å². The number of amides is 2. The minimum absolute atomic E-state index is 0.112. The van der Waals surface area contributed by atoms with E-state index in [-0.39, 0.29) is 23.6 Å². The van der Waals surface area contributed by atoms with E-state index < -0.39 is 0 Å². The molecule has 36 heavy (non-hydrogen) atoms. The lowest BCUT2D eigenvalue weighted by atomic mass is 9.99. The average Bonchev–Trinajstić information content (AvgIpc) is 3.36. The van der Waals surface area contributed by atoms with Crippen molar-refractivity contribution in [1.82, 2.24) is 10.2 Å². The number of carbonyl (C=O) groups excluding carboxylic acids is 2. The van der Waals surface area contributed by atoms with Crippen molar-refractivity contribution in [1.29, 1.82) is 0 Å². The summed E-state index contributed by atoms with van der Waals surface area (Å²) in [6.45, 7) is 11.3. The van der Waals surface area contributed by atoms with Gasteiger partial charge in [0, 0.05) is 28.8 Å². The molecule has 0 bridgehead atoms. The largest absolute Gasteiger partial charge is 0.444 e. The molecule has 2 amide bonds. The molecule has 0 aromatic heterocycles. The summed E-state index contributed by atoms with van der Waals surface area (Å²) in [5.41, 5.74) is 8.65. The van der Waals surface area contributed by atoms with Gasteiger partial charge >= 0.3 is 6.09 Å². The second-order valence-corrected chi connectivity index (χ2v) is 11.0. The number of nitrogens with one attached hydrogen (secondary N) is 1. The fraction of sp³-hybridized carbons (Fsp3) is 0.379. The summed E-state index contributed by atoms with van der Waals surface area (Å²) in [6, 6.07) is 17.5. The minimum Gasteiger partial charge on any atom is -0.444 e. The molecule has 1 heterocycles. The van der Waals surface area contributed by atoms with Gasteiger partial charge in [-0.2, -0.15) is 0 Å². The SMILES string of the molecule is CC(C)(C)OC(=O)N1CCCC1.Cc1ccc(N)cc1C(=O)NC(C)c1ccc(Br)c2ccccc12. The number of ether oxygens (including phenoxy) is 1. The molecule has 1 atom stereocenters. The molecule has 3 aromatic rings. The van der Waals surface area contributed by atoms with Crippen molar-refractivity contribution in [3.63, 3.8) is 0 Å². The van der Waals surface area contributed by atoms with Crippen molar-refractivity contribution in [3.05, 3.63) is 75.8 Å². The maximum absolute atomic E-state index is 12.6. The van der Waals surface area contributed by atoms with E-state index in [1.165, 1.54) is 0 Å². The molecule has 1 aliphatic rings. The Balaban J connectivity index is 0.000000253. The van der Waals surface area contributed by atoms with Gasteiger partial charge in [-0.25, -0.2) is 4.79 Å². The Morgan fingerprint density at radius 3 is 2.31 bits per heavy atom. The first-order valence-corrected chi connectivity index (χ1v) is 13.1. The van der Waals surface area contributed by atoms with Gasteiger partial charge in [0.2, 0.25) is 0 Å². The third-order valence-electron chi connectivity index (χ3n) is 5.98. The van der Waals surface area contributed by atoms with Crippen molar-refractivity contribution in [2.24, 2.45) is 0 Å². The van der Waals surface area contributed by atoms with E-state index >= 15 is 0 Å². The second-order valence-electron chi connectivity index (χ2n) is 10.1. The zero-order valence-electron chi connectivity index (χ0n) is 21.7. The third kappa shape index (κ3) is 7.23. The van der Waals surface area contributed by atoms with Crippen molar-refractivity contribution < 1.29 is 14.3 Å². The molecule has 192 valence electrons. The summed E-state index contributed by atoms with van der Waals surface area (Å²) < 4.78 is 6.26. The fourth-order valence-corrected chi connectivity index (χ4v) is 4.60. The first-order chi connectivity index (χ1) is 17.0. The highest BCUT2D eigenvalue weighted by atomic mass is 79.9. The van der Waals surface area contributed by atoms with E-state index in [9.17, 15) is 9.59 Å². The number of hydrogen-bond acceptors (Lipinski definition) is 4. The summed E-state index contributed by atoms with van der Waals surface area (Å²) in [6.07, 6.45) is 2.05. The Morgan fingerprint density at radius 2 is 1.67 bits per heavy atom. The Labute approximate surface area is 222 Å². The monoisotopic (exact) mass is 553 g/mol. The van der Waals surface area contributed by atoms with Gasteiger partial charge in [0.15, 0.2) is 0 Å². The number of likely N-dealkylation sites (tertiary alicyclic amines) is 1. The van der Waals surface area contributed by atoms with Crippen LogP contribution in [0.15, 0.2) is 59.1 Å². The van der Waals surface area contributed by atoms with Crippen molar-refractivity contribution in [3.8, 4) is 0 Å². The van der Waals surface area contributed by atoms with Crippen LogP contribution in [-0.2, 0) is 4.74 Å². The second kappa shape index (κ2) is 11.8. The highest BCUT2D eigenvalue weighted by Crippen LogP contribution is 2.30. The van der Waals surface area contributed by atoms with Crippen LogP contribution in [0.2, 0.25) is 0 Å². The van der Waals surface area contributed by atoms with E-state index in [0.29, 0.717) is 11.3 Å². The molecule has 3 N–H and O–H groups in total. The first kappa shape index (κ1) is 27.5. The Morgan fingerprint density at radius 1 is 1.03 bits per heavy atom. The van der Waals surface area contributed by atoms with Crippen LogP contribution in [0.3, 0.4) is 0 Å². The van der Waals surface area contributed by atoms with E-state index in [1.807, 2.05) is 65.0 Å². The smallest absolute Gasteiger partial charge is 0.410 e. The highest BCUT2D eigenvalue weighted by molar-refractivity contribution is 9.10. The molecule has 0 aliphatic carbocycles.